The van der Waals surface area contributed by atoms with E-state index in [2.05, 4.69) is 4.72 Å². The van der Waals surface area contributed by atoms with E-state index in [1.807, 2.05) is 4.90 Å². The molecule has 1 aromatic rings. The minimum atomic E-state index is -3.60. The summed E-state index contributed by atoms with van der Waals surface area (Å²) in [6, 6.07) is 5.33. The third-order valence-corrected chi connectivity index (χ3v) is 6.94. The lowest BCUT2D eigenvalue weighted by Gasteiger charge is -2.36. The smallest absolute Gasteiger partial charge is 0.254 e. The predicted octanol–water partition coefficient (Wildman–Crippen LogP) is 1.99. The van der Waals surface area contributed by atoms with Gasteiger partial charge in [0, 0.05) is 31.2 Å². The summed E-state index contributed by atoms with van der Waals surface area (Å²) in [6.07, 6.45) is 4.54. The summed E-state index contributed by atoms with van der Waals surface area (Å²) in [5.74, 6) is -0.163. The fourth-order valence-electron chi connectivity index (χ4n) is 3.90. The zero-order chi connectivity index (χ0) is 20.3. The summed E-state index contributed by atoms with van der Waals surface area (Å²) >= 11 is 0. The van der Waals surface area contributed by atoms with Crippen LogP contribution in [-0.2, 0) is 14.8 Å². The van der Waals surface area contributed by atoms with Crippen molar-refractivity contribution in [2.24, 2.45) is 0 Å². The molecule has 154 valence electrons. The van der Waals surface area contributed by atoms with E-state index >= 15 is 0 Å². The van der Waals surface area contributed by atoms with E-state index < -0.39 is 16.1 Å². The van der Waals surface area contributed by atoms with E-state index in [0.717, 1.165) is 38.8 Å². The van der Waals surface area contributed by atoms with Crippen molar-refractivity contribution in [1.29, 1.82) is 0 Å². The fourth-order valence-corrected chi connectivity index (χ4v) is 5.15. The van der Waals surface area contributed by atoms with Crippen molar-refractivity contribution >= 4 is 21.8 Å². The molecule has 1 aromatic carbocycles. The molecule has 0 spiro atoms. The Morgan fingerprint density at radius 1 is 1.00 bits per heavy atom. The van der Waals surface area contributed by atoms with Gasteiger partial charge in [0.15, 0.2) is 0 Å². The van der Waals surface area contributed by atoms with Crippen LogP contribution in [0.15, 0.2) is 29.2 Å². The first-order chi connectivity index (χ1) is 13.3. The van der Waals surface area contributed by atoms with Gasteiger partial charge >= 0.3 is 0 Å². The normalized spacial score (nSPS) is 20.6. The third kappa shape index (κ3) is 4.55. The molecule has 7 nitrogen and oxygen atoms in total. The van der Waals surface area contributed by atoms with Gasteiger partial charge in [0.1, 0.15) is 6.04 Å². The highest BCUT2D eigenvalue weighted by Crippen LogP contribution is 2.23. The lowest BCUT2D eigenvalue weighted by atomic mass is 9.99. The van der Waals surface area contributed by atoms with E-state index in [1.54, 1.807) is 18.7 Å². The first-order valence-corrected chi connectivity index (χ1v) is 11.5. The second kappa shape index (κ2) is 8.61. The van der Waals surface area contributed by atoms with Gasteiger partial charge in [0.2, 0.25) is 15.9 Å². The first kappa shape index (κ1) is 20.8. The van der Waals surface area contributed by atoms with Crippen molar-refractivity contribution in [2.45, 2.75) is 62.9 Å². The van der Waals surface area contributed by atoms with E-state index in [-0.39, 0.29) is 22.8 Å². The molecule has 0 aliphatic carbocycles. The molecule has 0 bridgehead atoms. The maximum atomic E-state index is 13.1. The molecule has 28 heavy (non-hydrogen) atoms. The number of benzene rings is 1. The predicted molar refractivity (Wildman–Crippen MR) is 106 cm³/mol. The molecular formula is C20H29N3O4S. The lowest BCUT2D eigenvalue weighted by Crippen LogP contribution is -2.52. The average molecular weight is 408 g/mol. The van der Waals surface area contributed by atoms with Crippen molar-refractivity contribution in [3.05, 3.63) is 29.8 Å². The Kier molecular flexibility index (Phi) is 6.40. The Balaban J connectivity index is 1.76. The van der Waals surface area contributed by atoms with Gasteiger partial charge in [0.25, 0.3) is 5.91 Å². The van der Waals surface area contributed by atoms with Crippen LogP contribution >= 0.6 is 0 Å². The largest absolute Gasteiger partial charge is 0.341 e. The number of nitrogens with one attached hydrogen (secondary N) is 1. The van der Waals surface area contributed by atoms with Crippen LogP contribution in [0.4, 0.5) is 0 Å². The van der Waals surface area contributed by atoms with Gasteiger partial charge in [-0.2, -0.15) is 0 Å². The maximum absolute atomic E-state index is 13.1. The first-order valence-electron chi connectivity index (χ1n) is 10.0. The van der Waals surface area contributed by atoms with Crippen LogP contribution in [0, 0.1) is 0 Å². The molecule has 0 aromatic heterocycles. The summed E-state index contributed by atoms with van der Waals surface area (Å²) in [6.45, 7) is 5.60. The molecule has 2 saturated heterocycles. The summed E-state index contributed by atoms with van der Waals surface area (Å²) in [4.78, 5) is 29.6. The lowest BCUT2D eigenvalue weighted by molar-refractivity contribution is -0.136. The van der Waals surface area contributed by atoms with Crippen molar-refractivity contribution in [3.8, 4) is 0 Å². The van der Waals surface area contributed by atoms with Crippen LogP contribution < -0.4 is 4.72 Å². The fraction of sp³-hybridized carbons (Fsp3) is 0.600. The number of carbonyl (C=O) groups is 2. The number of likely N-dealkylation sites (tertiary alicyclic amines) is 2. The van der Waals surface area contributed by atoms with Gasteiger partial charge in [0.05, 0.1) is 4.90 Å². The van der Waals surface area contributed by atoms with Crippen LogP contribution in [0.1, 0.15) is 56.3 Å². The third-order valence-electron chi connectivity index (χ3n) is 5.27. The highest BCUT2D eigenvalue weighted by molar-refractivity contribution is 7.89. The van der Waals surface area contributed by atoms with E-state index in [1.165, 1.54) is 24.3 Å². The number of carbonyl (C=O) groups excluding carboxylic acids is 2. The Labute approximate surface area is 167 Å². The van der Waals surface area contributed by atoms with Crippen molar-refractivity contribution < 1.29 is 18.0 Å². The second-order valence-electron chi connectivity index (χ2n) is 7.84. The Bertz CT molecular complexity index is 814. The molecule has 0 radical (unpaired) electrons. The number of piperidine rings is 1. The SMILES string of the molecule is CC(C)NS(=O)(=O)c1ccc(C(=O)N2CCCC[C@@H]2C(=O)N2CCCC2)cc1. The highest BCUT2D eigenvalue weighted by atomic mass is 32.2. The molecular weight excluding hydrogens is 378 g/mol. The van der Waals surface area contributed by atoms with Crippen molar-refractivity contribution in [2.75, 3.05) is 19.6 Å². The summed E-state index contributed by atoms with van der Waals surface area (Å²) < 4.78 is 27.0. The number of sulfonamides is 1. The number of hydrogen-bond donors (Lipinski definition) is 1. The highest BCUT2D eigenvalue weighted by Gasteiger charge is 2.35. The van der Waals surface area contributed by atoms with Gasteiger partial charge in [-0.05, 0) is 70.2 Å². The molecule has 8 heteroatoms. The molecule has 0 unspecified atom stereocenters. The Morgan fingerprint density at radius 2 is 1.61 bits per heavy atom. The van der Waals surface area contributed by atoms with E-state index in [0.29, 0.717) is 18.5 Å². The van der Waals surface area contributed by atoms with Crippen molar-refractivity contribution in [1.82, 2.24) is 14.5 Å². The Morgan fingerprint density at radius 3 is 2.21 bits per heavy atom. The topological polar surface area (TPSA) is 86.8 Å². The number of hydrogen-bond acceptors (Lipinski definition) is 4. The molecule has 2 amide bonds. The monoisotopic (exact) mass is 407 g/mol. The van der Waals surface area contributed by atoms with Crippen LogP contribution in [0.2, 0.25) is 0 Å². The van der Waals surface area contributed by atoms with E-state index in [9.17, 15) is 18.0 Å². The van der Waals surface area contributed by atoms with Crippen molar-refractivity contribution in [3.63, 3.8) is 0 Å². The van der Waals surface area contributed by atoms with Gasteiger partial charge in [-0.15, -0.1) is 0 Å². The number of amides is 2. The molecule has 0 saturated carbocycles. The van der Waals surface area contributed by atoms with Crippen LogP contribution in [-0.4, -0.2) is 61.7 Å². The zero-order valence-corrected chi connectivity index (χ0v) is 17.4. The number of rotatable bonds is 5. The molecule has 2 aliphatic heterocycles. The molecule has 3 rings (SSSR count). The minimum Gasteiger partial charge on any atom is -0.341 e. The summed E-state index contributed by atoms with van der Waals surface area (Å²) in [7, 11) is -3.60. The molecule has 1 N–H and O–H groups in total. The molecule has 1 atom stereocenters. The summed E-state index contributed by atoms with van der Waals surface area (Å²) in [5, 5.41) is 0. The standard InChI is InChI=1S/C20H29N3O4S/c1-15(2)21-28(26,27)17-10-8-16(9-11-17)19(24)23-14-4-3-7-18(23)20(25)22-12-5-6-13-22/h8-11,15,18,21H,3-7,12-14H2,1-2H3/t18-/m1/s1. The number of nitrogens with zero attached hydrogens (tertiary/aromatic N) is 2. The average Bonchev–Trinajstić information content (AvgIpc) is 3.21. The second-order valence-corrected chi connectivity index (χ2v) is 9.56. The van der Waals surface area contributed by atoms with Gasteiger partial charge in [-0.1, -0.05) is 0 Å². The quantitative estimate of drug-likeness (QED) is 0.809. The van der Waals surface area contributed by atoms with Crippen LogP contribution in [0.5, 0.6) is 0 Å². The summed E-state index contributed by atoms with van der Waals surface area (Å²) in [5.41, 5.74) is 0.407. The minimum absolute atomic E-state index is 0.0471. The van der Waals surface area contributed by atoms with E-state index in [4.69, 9.17) is 0 Å². The van der Waals surface area contributed by atoms with Gasteiger partial charge in [-0.3, -0.25) is 9.59 Å². The van der Waals surface area contributed by atoms with Gasteiger partial charge < -0.3 is 9.80 Å². The molecule has 2 heterocycles. The molecule has 2 fully saturated rings. The maximum Gasteiger partial charge on any atom is 0.254 e. The van der Waals surface area contributed by atoms with Gasteiger partial charge in [-0.25, -0.2) is 13.1 Å². The Hall–Kier alpha value is -1.93. The van der Waals surface area contributed by atoms with Crippen LogP contribution in [0.25, 0.3) is 0 Å². The van der Waals surface area contributed by atoms with Crippen LogP contribution in [0.3, 0.4) is 0 Å². The zero-order valence-electron chi connectivity index (χ0n) is 16.6. The molecule has 2 aliphatic rings.